The highest BCUT2D eigenvalue weighted by Crippen LogP contribution is 2.22. The fourth-order valence-electron chi connectivity index (χ4n) is 3.41. The normalized spacial score (nSPS) is 11.8. The van der Waals surface area contributed by atoms with Crippen LogP contribution in [0.5, 0.6) is 0 Å². The van der Waals surface area contributed by atoms with Gasteiger partial charge in [-0.2, -0.15) is 5.26 Å². The number of nitrogens with zero attached hydrogens (tertiary/aromatic N) is 1. The first kappa shape index (κ1) is 17.6. The second kappa shape index (κ2) is 7.46. The van der Waals surface area contributed by atoms with Crippen LogP contribution in [0.4, 0.5) is 0 Å². The zero-order chi connectivity index (χ0) is 19.5. The van der Waals surface area contributed by atoms with Crippen LogP contribution < -0.4 is 0 Å². The molecule has 28 heavy (non-hydrogen) atoms. The average molecular weight is 363 g/mol. The largest absolute Gasteiger partial charge is 0.294 e. The Morgan fingerprint density at radius 1 is 0.714 bits per heavy atom. The third-order valence-corrected chi connectivity index (χ3v) is 4.97. The van der Waals surface area contributed by atoms with Crippen LogP contribution in [0.3, 0.4) is 0 Å². The lowest BCUT2D eigenvalue weighted by molar-refractivity contribution is 0.0882. The van der Waals surface area contributed by atoms with Crippen molar-refractivity contribution in [2.45, 2.75) is 6.42 Å². The highest BCUT2D eigenvalue weighted by Gasteiger charge is 2.24. The summed E-state index contributed by atoms with van der Waals surface area (Å²) in [6, 6.07) is 28.3. The van der Waals surface area contributed by atoms with Crippen molar-refractivity contribution in [3.8, 4) is 6.07 Å². The fraction of sp³-hybridized carbons (Fsp3) is 0.0800. The number of rotatable bonds is 5. The van der Waals surface area contributed by atoms with Crippen molar-refractivity contribution >= 4 is 33.1 Å². The van der Waals surface area contributed by atoms with Gasteiger partial charge in [-0.3, -0.25) is 9.59 Å². The second-order valence-corrected chi connectivity index (χ2v) is 6.80. The van der Waals surface area contributed by atoms with Crippen molar-refractivity contribution in [3.05, 3.63) is 96.1 Å². The van der Waals surface area contributed by atoms with E-state index in [-0.39, 0.29) is 18.0 Å². The molecule has 0 spiro atoms. The van der Waals surface area contributed by atoms with Crippen LogP contribution >= 0.6 is 0 Å². The molecule has 0 aliphatic carbocycles. The number of fused-ring (bicyclic) bond motifs is 2. The number of hydrogen-bond acceptors (Lipinski definition) is 3. The lowest BCUT2D eigenvalue weighted by Gasteiger charge is -2.09. The molecule has 134 valence electrons. The average Bonchev–Trinajstić information content (AvgIpc) is 2.76. The Morgan fingerprint density at radius 3 is 1.79 bits per heavy atom. The molecule has 0 bridgehead atoms. The number of ketones is 2. The van der Waals surface area contributed by atoms with Crippen molar-refractivity contribution in [2.24, 2.45) is 5.92 Å². The first-order valence-corrected chi connectivity index (χ1v) is 9.10. The molecule has 0 heterocycles. The Labute approximate surface area is 162 Å². The van der Waals surface area contributed by atoms with Crippen molar-refractivity contribution in [2.75, 3.05) is 0 Å². The molecule has 0 saturated carbocycles. The van der Waals surface area contributed by atoms with Crippen LogP contribution in [-0.2, 0) is 0 Å². The number of carbonyl (C=O) groups excluding carboxylic acids is 2. The number of Topliss-reactive ketones (excluding diaryl/α,β-unsaturated/α-hetero) is 2. The van der Waals surface area contributed by atoms with Crippen LogP contribution in [-0.4, -0.2) is 11.6 Å². The van der Waals surface area contributed by atoms with Gasteiger partial charge in [-0.05, 0) is 33.7 Å². The molecule has 1 atom stereocenters. The summed E-state index contributed by atoms with van der Waals surface area (Å²) >= 11 is 0. The number of carbonyl (C=O) groups is 2. The molecule has 4 aromatic rings. The SMILES string of the molecule is N#C[C@@H](CC(=O)c1ccc2ccccc2c1)C(=O)c1ccc2ccccc2c1. The van der Waals surface area contributed by atoms with Gasteiger partial charge in [0.2, 0.25) is 0 Å². The van der Waals surface area contributed by atoms with E-state index in [0.29, 0.717) is 11.1 Å². The lowest BCUT2D eigenvalue weighted by atomic mass is 9.90. The molecule has 3 nitrogen and oxygen atoms in total. The maximum atomic E-state index is 12.8. The van der Waals surface area contributed by atoms with Crippen molar-refractivity contribution < 1.29 is 9.59 Å². The van der Waals surface area contributed by atoms with E-state index >= 15 is 0 Å². The van der Waals surface area contributed by atoms with Crippen LogP contribution in [0.15, 0.2) is 84.9 Å². The smallest absolute Gasteiger partial charge is 0.180 e. The summed E-state index contributed by atoms with van der Waals surface area (Å²) in [5.41, 5.74) is 0.974. The minimum absolute atomic E-state index is 0.125. The predicted octanol–water partition coefficient (Wildman–Crippen LogP) is 5.59. The van der Waals surface area contributed by atoms with Crippen molar-refractivity contribution in [3.63, 3.8) is 0 Å². The van der Waals surface area contributed by atoms with E-state index in [4.69, 9.17) is 0 Å². The Hall–Kier alpha value is -3.77. The van der Waals surface area contributed by atoms with E-state index in [1.54, 1.807) is 18.2 Å². The molecule has 3 heteroatoms. The summed E-state index contributed by atoms with van der Waals surface area (Å²) in [6.45, 7) is 0. The second-order valence-electron chi connectivity index (χ2n) is 6.80. The van der Waals surface area contributed by atoms with Crippen LogP contribution in [0.2, 0.25) is 0 Å². The fourth-order valence-corrected chi connectivity index (χ4v) is 3.41. The Balaban J connectivity index is 1.57. The third-order valence-electron chi connectivity index (χ3n) is 4.97. The molecule has 4 aromatic carbocycles. The van der Waals surface area contributed by atoms with E-state index in [9.17, 15) is 14.9 Å². The van der Waals surface area contributed by atoms with E-state index in [1.165, 1.54) is 0 Å². The summed E-state index contributed by atoms with van der Waals surface area (Å²) in [6.07, 6.45) is -0.125. The van der Waals surface area contributed by atoms with E-state index < -0.39 is 5.92 Å². The Morgan fingerprint density at radius 2 is 1.21 bits per heavy atom. The van der Waals surface area contributed by atoms with E-state index in [1.807, 2.05) is 72.8 Å². The molecule has 0 saturated heterocycles. The topological polar surface area (TPSA) is 57.9 Å². The first-order chi connectivity index (χ1) is 13.7. The molecule has 0 aliphatic heterocycles. The zero-order valence-corrected chi connectivity index (χ0v) is 15.1. The molecule has 0 radical (unpaired) electrons. The van der Waals surface area contributed by atoms with Crippen LogP contribution in [0.1, 0.15) is 27.1 Å². The quantitative estimate of drug-likeness (QED) is 0.434. The molecule has 0 aliphatic rings. The molecular formula is C25H17NO2. The van der Waals surface area contributed by atoms with Gasteiger partial charge in [-0.15, -0.1) is 0 Å². The van der Waals surface area contributed by atoms with Crippen LogP contribution in [0, 0.1) is 17.2 Å². The number of benzene rings is 4. The molecule has 0 N–H and O–H groups in total. The molecule has 0 aromatic heterocycles. The van der Waals surface area contributed by atoms with Crippen molar-refractivity contribution in [1.29, 1.82) is 5.26 Å². The van der Waals surface area contributed by atoms with Gasteiger partial charge in [-0.25, -0.2) is 0 Å². The summed E-state index contributed by atoms with van der Waals surface area (Å²) in [5.74, 6) is -1.52. The molecule has 0 amide bonds. The Kier molecular flexibility index (Phi) is 4.70. The van der Waals surface area contributed by atoms with Gasteiger partial charge in [0.05, 0.1) is 6.07 Å². The highest BCUT2D eigenvalue weighted by atomic mass is 16.1. The minimum Gasteiger partial charge on any atom is -0.294 e. The predicted molar refractivity (Wildman–Crippen MR) is 110 cm³/mol. The molecule has 0 unspecified atom stereocenters. The van der Waals surface area contributed by atoms with Gasteiger partial charge in [0.15, 0.2) is 11.6 Å². The maximum Gasteiger partial charge on any atom is 0.180 e. The first-order valence-electron chi connectivity index (χ1n) is 9.10. The summed E-state index contributed by atoms with van der Waals surface area (Å²) < 4.78 is 0. The summed E-state index contributed by atoms with van der Waals surface area (Å²) in [4.78, 5) is 25.5. The molecule has 0 fully saturated rings. The zero-order valence-electron chi connectivity index (χ0n) is 15.1. The summed E-state index contributed by atoms with van der Waals surface area (Å²) in [5, 5.41) is 13.5. The van der Waals surface area contributed by atoms with Gasteiger partial charge in [0, 0.05) is 17.5 Å². The van der Waals surface area contributed by atoms with Crippen molar-refractivity contribution in [1.82, 2.24) is 0 Å². The van der Waals surface area contributed by atoms with Crippen LogP contribution in [0.25, 0.3) is 21.5 Å². The van der Waals surface area contributed by atoms with Gasteiger partial charge in [-0.1, -0.05) is 72.8 Å². The van der Waals surface area contributed by atoms with Gasteiger partial charge >= 0.3 is 0 Å². The lowest BCUT2D eigenvalue weighted by Crippen LogP contribution is -2.17. The standard InChI is InChI=1S/C25H17NO2/c26-16-23(25(28)22-12-10-18-6-2-4-8-20(18)14-22)15-24(27)21-11-9-17-5-1-3-7-19(17)13-21/h1-14,23H,15H2/t23-/m1/s1. The van der Waals surface area contributed by atoms with E-state index in [2.05, 4.69) is 0 Å². The van der Waals surface area contributed by atoms with Gasteiger partial charge in [0.25, 0.3) is 0 Å². The van der Waals surface area contributed by atoms with Gasteiger partial charge < -0.3 is 0 Å². The number of nitriles is 1. The molecule has 4 rings (SSSR count). The maximum absolute atomic E-state index is 12.8. The monoisotopic (exact) mass is 363 g/mol. The highest BCUT2D eigenvalue weighted by molar-refractivity contribution is 6.07. The third kappa shape index (κ3) is 3.41. The molecular weight excluding hydrogens is 346 g/mol. The van der Waals surface area contributed by atoms with E-state index in [0.717, 1.165) is 21.5 Å². The van der Waals surface area contributed by atoms with Gasteiger partial charge in [0.1, 0.15) is 5.92 Å². The Bertz CT molecular complexity index is 1250. The minimum atomic E-state index is -1.000. The number of hydrogen-bond donors (Lipinski definition) is 0. The summed E-state index contributed by atoms with van der Waals surface area (Å²) in [7, 11) is 0.